The van der Waals surface area contributed by atoms with Crippen molar-refractivity contribution >= 4 is 34.3 Å². The summed E-state index contributed by atoms with van der Waals surface area (Å²) in [7, 11) is 1.59. The lowest BCUT2D eigenvalue weighted by atomic mass is 10.1. The normalized spacial score (nSPS) is 16.4. The van der Waals surface area contributed by atoms with Gasteiger partial charge in [0.2, 0.25) is 11.0 Å². The Morgan fingerprint density at radius 1 is 1.30 bits per heavy atom. The lowest BCUT2D eigenvalue weighted by Gasteiger charge is -2.13. The average molecular weight is 389 g/mol. The number of aromatic nitrogens is 2. The van der Waals surface area contributed by atoms with Gasteiger partial charge in [-0.2, -0.15) is 0 Å². The lowest BCUT2D eigenvalue weighted by molar-refractivity contribution is -0.129. The number of benzene rings is 1. The number of nitrogens with zero attached hydrogens (tertiary/aromatic N) is 3. The Labute approximate surface area is 159 Å². The van der Waals surface area contributed by atoms with E-state index in [4.69, 9.17) is 4.74 Å². The van der Waals surface area contributed by atoms with E-state index in [9.17, 15) is 14.4 Å². The fourth-order valence-corrected chi connectivity index (χ4v) is 3.27. The molecule has 1 aromatic heterocycles. The van der Waals surface area contributed by atoms with Gasteiger partial charge in [-0.05, 0) is 31.0 Å². The maximum atomic E-state index is 12.4. The van der Waals surface area contributed by atoms with Crippen LogP contribution >= 0.6 is 11.3 Å². The number of hydrogen-bond donors (Lipinski definition) is 2. The van der Waals surface area contributed by atoms with Crippen molar-refractivity contribution in [2.45, 2.75) is 25.8 Å². The van der Waals surface area contributed by atoms with Crippen LogP contribution < -0.4 is 15.4 Å². The zero-order valence-corrected chi connectivity index (χ0v) is 15.7. The SMILES string of the molecule is COc1ccc(CCN2C(=O)N[C@@H](CC(=O)Nc3nnc(C)s3)C2=O)cc1. The highest BCUT2D eigenvalue weighted by molar-refractivity contribution is 7.15. The molecule has 0 radical (unpaired) electrons. The van der Waals surface area contributed by atoms with Gasteiger partial charge in [0.15, 0.2) is 0 Å². The minimum Gasteiger partial charge on any atom is -0.497 e. The minimum atomic E-state index is -0.873. The predicted molar refractivity (Wildman–Crippen MR) is 98.6 cm³/mol. The van der Waals surface area contributed by atoms with Crippen LogP contribution in [-0.2, 0) is 16.0 Å². The third kappa shape index (κ3) is 4.59. The van der Waals surface area contributed by atoms with Gasteiger partial charge in [-0.3, -0.25) is 14.5 Å². The van der Waals surface area contributed by atoms with Gasteiger partial charge in [0.05, 0.1) is 13.5 Å². The molecule has 0 saturated carbocycles. The zero-order chi connectivity index (χ0) is 19.4. The van der Waals surface area contributed by atoms with Crippen LogP contribution in [-0.4, -0.2) is 52.6 Å². The molecule has 1 aliphatic rings. The Kier molecular flexibility index (Phi) is 5.65. The van der Waals surface area contributed by atoms with E-state index in [2.05, 4.69) is 20.8 Å². The van der Waals surface area contributed by atoms with Gasteiger partial charge in [-0.1, -0.05) is 23.5 Å². The highest BCUT2D eigenvalue weighted by Gasteiger charge is 2.38. The fraction of sp³-hybridized carbons (Fsp3) is 0.353. The average Bonchev–Trinajstić information content (AvgIpc) is 3.16. The Bertz CT molecular complexity index is 851. The van der Waals surface area contributed by atoms with E-state index >= 15 is 0 Å². The van der Waals surface area contributed by atoms with E-state index in [-0.39, 0.29) is 13.0 Å². The molecule has 0 spiro atoms. The van der Waals surface area contributed by atoms with Gasteiger partial charge >= 0.3 is 6.03 Å². The molecule has 27 heavy (non-hydrogen) atoms. The second-order valence-corrected chi connectivity index (χ2v) is 7.15. The maximum absolute atomic E-state index is 12.4. The molecular weight excluding hydrogens is 370 g/mol. The van der Waals surface area contributed by atoms with Crippen molar-refractivity contribution in [3.8, 4) is 5.75 Å². The van der Waals surface area contributed by atoms with Gasteiger partial charge in [-0.15, -0.1) is 10.2 Å². The van der Waals surface area contributed by atoms with Gasteiger partial charge in [0.25, 0.3) is 5.91 Å². The number of nitrogens with one attached hydrogen (secondary N) is 2. The zero-order valence-electron chi connectivity index (χ0n) is 14.9. The number of anilines is 1. The van der Waals surface area contributed by atoms with Crippen molar-refractivity contribution in [1.82, 2.24) is 20.4 Å². The molecule has 1 aromatic carbocycles. The van der Waals surface area contributed by atoms with Crippen molar-refractivity contribution in [2.75, 3.05) is 19.0 Å². The van der Waals surface area contributed by atoms with Crippen molar-refractivity contribution in [2.24, 2.45) is 0 Å². The topological polar surface area (TPSA) is 114 Å². The number of urea groups is 1. The number of amides is 4. The Balaban J connectivity index is 1.53. The number of hydrogen-bond acceptors (Lipinski definition) is 7. The molecular formula is C17H19N5O4S. The van der Waals surface area contributed by atoms with Crippen LogP contribution in [0.2, 0.25) is 0 Å². The number of ether oxygens (including phenoxy) is 1. The molecule has 2 heterocycles. The van der Waals surface area contributed by atoms with Crippen LogP contribution in [0.5, 0.6) is 5.75 Å². The molecule has 0 bridgehead atoms. The van der Waals surface area contributed by atoms with E-state index in [1.54, 1.807) is 14.0 Å². The molecule has 0 aliphatic carbocycles. The Morgan fingerprint density at radius 3 is 2.67 bits per heavy atom. The van der Waals surface area contributed by atoms with Crippen molar-refractivity contribution in [3.63, 3.8) is 0 Å². The predicted octanol–water partition coefficient (Wildman–Crippen LogP) is 1.35. The summed E-state index contributed by atoms with van der Waals surface area (Å²) in [6.07, 6.45) is 0.369. The summed E-state index contributed by atoms with van der Waals surface area (Å²) in [5, 5.41) is 13.8. The van der Waals surface area contributed by atoms with E-state index in [1.165, 1.54) is 11.3 Å². The maximum Gasteiger partial charge on any atom is 0.324 e. The standard InChI is InChI=1S/C17H19N5O4S/c1-10-20-21-16(27-10)19-14(23)9-13-15(24)22(17(25)18-13)8-7-11-3-5-12(26-2)6-4-11/h3-6,13H,7-9H2,1-2H3,(H,18,25)(H,19,21,23)/t13-/m0/s1. The number of carbonyl (C=O) groups excluding carboxylic acids is 3. The number of carbonyl (C=O) groups is 3. The second-order valence-electron chi connectivity index (χ2n) is 5.97. The summed E-state index contributed by atoms with van der Waals surface area (Å²) in [4.78, 5) is 37.7. The summed E-state index contributed by atoms with van der Waals surface area (Å²) in [6, 6.07) is 6.05. The smallest absolute Gasteiger partial charge is 0.324 e. The van der Waals surface area contributed by atoms with Gasteiger partial charge in [-0.25, -0.2) is 4.79 Å². The molecule has 2 aromatic rings. The summed E-state index contributed by atoms with van der Waals surface area (Å²) < 4.78 is 5.10. The first-order valence-corrected chi connectivity index (χ1v) is 9.12. The molecule has 4 amide bonds. The number of rotatable bonds is 7. The molecule has 142 valence electrons. The van der Waals surface area contributed by atoms with Crippen molar-refractivity contribution in [3.05, 3.63) is 34.8 Å². The van der Waals surface area contributed by atoms with Crippen LogP contribution in [0.15, 0.2) is 24.3 Å². The summed E-state index contributed by atoms with van der Waals surface area (Å²) in [5.41, 5.74) is 0.976. The lowest BCUT2D eigenvalue weighted by Crippen LogP contribution is -2.34. The quantitative estimate of drug-likeness (QED) is 0.691. The monoisotopic (exact) mass is 389 g/mol. The van der Waals surface area contributed by atoms with Gasteiger partial charge in [0, 0.05) is 6.54 Å². The Hall–Kier alpha value is -3.01. The molecule has 1 aliphatic heterocycles. The molecule has 3 rings (SSSR count). The first-order chi connectivity index (χ1) is 13.0. The molecule has 9 nitrogen and oxygen atoms in total. The van der Waals surface area contributed by atoms with Crippen molar-refractivity contribution < 1.29 is 19.1 Å². The molecule has 2 N–H and O–H groups in total. The van der Waals surface area contributed by atoms with Crippen LogP contribution in [0.25, 0.3) is 0 Å². The summed E-state index contributed by atoms with van der Waals surface area (Å²) >= 11 is 1.24. The molecule has 1 fully saturated rings. The molecule has 10 heteroatoms. The van der Waals surface area contributed by atoms with Crippen molar-refractivity contribution in [1.29, 1.82) is 0 Å². The van der Waals surface area contributed by atoms with E-state index in [0.717, 1.165) is 21.2 Å². The van der Waals surface area contributed by atoms with Crippen LogP contribution in [0.3, 0.4) is 0 Å². The van der Waals surface area contributed by atoms with Crippen LogP contribution in [0, 0.1) is 6.92 Å². The molecule has 0 unspecified atom stereocenters. The number of imide groups is 1. The third-order valence-electron chi connectivity index (χ3n) is 4.05. The first-order valence-electron chi connectivity index (χ1n) is 8.31. The van der Waals surface area contributed by atoms with E-state index < -0.39 is 23.9 Å². The largest absolute Gasteiger partial charge is 0.497 e. The third-order valence-corrected chi connectivity index (χ3v) is 4.81. The summed E-state index contributed by atoms with van der Waals surface area (Å²) in [5.74, 6) is -0.0654. The molecule has 1 saturated heterocycles. The number of methoxy groups -OCH3 is 1. The Morgan fingerprint density at radius 2 is 2.04 bits per heavy atom. The number of aryl methyl sites for hydroxylation is 1. The highest BCUT2D eigenvalue weighted by Crippen LogP contribution is 2.17. The first kappa shape index (κ1) is 18.8. The fourth-order valence-electron chi connectivity index (χ4n) is 2.66. The minimum absolute atomic E-state index is 0.151. The van der Waals surface area contributed by atoms with Gasteiger partial charge < -0.3 is 15.4 Å². The van der Waals surface area contributed by atoms with Crippen LogP contribution in [0.1, 0.15) is 17.0 Å². The van der Waals surface area contributed by atoms with E-state index in [1.807, 2.05) is 24.3 Å². The highest BCUT2D eigenvalue weighted by atomic mass is 32.1. The van der Waals surface area contributed by atoms with E-state index in [0.29, 0.717) is 11.6 Å². The second kappa shape index (κ2) is 8.12. The van der Waals surface area contributed by atoms with Gasteiger partial charge in [0.1, 0.15) is 16.8 Å². The molecule has 1 atom stereocenters. The van der Waals surface area contributed by atoms with Crippen LogP contribution in [0.4, 0.5) is 9.93 Å². The summed E-state index contributed by atoms with van der Waals surface area (Å²) in [6.45, 7) is 2.01.